The van der Waals surface area contributed by atoms with E-state index < -0.39 is 41.2 Å². The summed E-state index contributed by atoms with van der Waals surface area (Å²) in [7, 11) is 2.50. The molecule has 2 aliphatic rings. The summed E-state index contributed by atoms with van der Waals surface area (Å²) in [6, 6.07) is 0.661. The average Bonchev–Trinajstić information content (AvgIpc) is 3.32. The highest BCUT2D eigenvalue weighted by molar-refractivity contribution is 5.89. The minimum Gasteiger partial charge on any atom is -0.473 e. The number of aromatic amines is 1. The lowest BCUT2D eigenvalue weighted by Crippen LogP contribution is -2.54. The number of hydrogen-bond donors (Lipinski definition) is 2. The SMILES string of the molecule is CN(C(=O)Nc1cc(C(F)(F)F)cn(C)c1=O)C1CCN(c2cnc3[nH]nc(OC4CCOCC4)c3c2)CC1F. The number of rotatable bonds is 5. The van der Waals surface area contributed by atoms with E-state index in [0.717, 1.165) is 29.4 Å². The van der Waals surface area contributed by atoms with Gasteiger partial charge in [-0.15, -0.1) is 5.10 Å². The molecule has 0 saturated carbocycles. The lowest BCUT2D eigenvalue weighted by Gasteiger charge is -2.39. The zero-order valence-corrected chi connectivity index (χ0v) is 21.9. The van der Waals surface area contributed by atoms with Crippen molar-refractivity contribution >= 4 is 28.4 Å². The predicted octanol–water partition coefficient (Wildman–Crippen LogP) is 3.31. The first-order valence-electron chi connectivity index (χ1n) is 12.8. The van der Waals surface area contributed by atoms with Crippen molar-refractivity contribution in [2.45, 2.75) is 43.8 Å². The second-order valence-electron chi connectivity index (χ2n) is 9.96. The first-order valence-corrected chi connectivity index (χ1v) is 12.8. The number of urea groups is 1. The van der Waals surface area contributed by atoms with Gasteiger partial charge in [0, 0.05) is 39.7 Å². The molecule has 3 aromatic rings. The molecule has 5 rings (SSSR count). The molecular weight excluding hydrogens is 538 g/mol. The van der Waals surface area contributed by atoms with Crippen LogP contribution in [0.4, 0.5) is 33.7 Å². The summed E-state index contributed by atoms with van der Waals surface area (Å²) < 4.78 is 67.1. The van der Waals surface area contributed by atoms with E-state index in [1.807, 2.05) is 6.07 Å². The van der Waals surface area contributed by atoms with Crippen LogP contribution >= 0.6 is 0 Å². The third-order valence-corrected chi connectivity index (χ3v) is 7.26. The number of halogens is 4. The van der Waals surface area contributed by atoms with E-state index >= 15 is 4.39 Å². The predicted molar refractivity (Wildman–Crippen MR) is 137 cm³/mol. The van der Waals surface area contributed by atoms with Gasteiger partial charge >= 0.3 is 12.2 Å². The third-order valence-electron chi connectivity index (χ3n) is 7.26. The van der Waals surface area contributed by atoms with Crippen molar-refractivity contribution in [3.63, 3.8) is 0 Å². The molecule has 2 amide bonds. The molecule has 2 N–H and O–H groups in total. The lowest BCUT2D eigenvalue weighted by atomic mass is 10.0. The van der Waals surface area contributed by atoms with Crippen LogP contribution in [0.1, 0.15) is 24.8 Å². The molecule has 0 aromatic carbocycles. The summed E-state index contributed by atoms with van der Waals surface area (Å²) in [5.74, 6) is 0.417. The molecule has 5 heterocycles. The quantitative estimate of drug-likeness (QED) is 0.455. The van der Waals surface area contributed by atoms with Crippen LogP contribution in [-0.4, -0.2) is 82.3 Å². The Morgan fingerprint density at radius 2 is 2.00 bits per heavy atom. The Morgan fingerprint density at radius 3 is 2.70 bits per heavy atom. The molecule has 2 saturated heterocycles. The molecule has 2 aliphatic heterocycles. The van der Waals surface area contributed by atoms with Gasteiger partial charge in [0.25, 0.3) is 5.56 Å². The van der Waals surface area contributed by atoms with E-state index in [1.54, 1.807) is 11.1 Å². The van der Waals surface area contributed by atoms with E-state index in [4.69, 9.17) is 9.47 Å². The molecule has 40 heavy (non-hydrogen) atoms. The maximum absolute atomic E-state index is 15.4. The van der Waals surface area contributed by atoms with Crippen molar-refractivity contribution in [1.29, 1.82) is 0 Å². The molecule has 216 valence electrons. The summed E-state index contributed by atoms with van der Waals surface area (Å²) in [6.45, 7) is 1.57. The zero-order chi connectivity index (χ0) is 28.6. The summed E-state index contributed by atoms with van der Waals surface area (Å²) in [6.07, 6.45) is -2.22. The Labute approximate surface area is 226 Å². The van der Waals surface area contributed by atoms with E-state index in [1.165, 1.54) is 7.05 Å². The molecule has 0 spiro atoms. The number of aryl methyl sites for hydroxylation is 1. The molecule has 3 aromatic heterocycles. The number of carbonyl (C=O) groups excluding carboxylic acids is 1. The largest absolute Gasteiger partial charge is 0.473 e. The topological polar surface area (TPSA) is 118 Å². The molecule has 2 fully saturated rings. The average molecular weight is 568 g/mol. The van der Waals surface area contributed by atoms with E-state index in [0.29, 0.717) is 54.6 Å². The number of aromatic nitrogens is 4. The number of H-pyrrole nitrogens is 1. The number of fused-ring (bicyclic) bond motifs is 1. The van der Waals surface area contributed by atoms with Crippen LogP contribution in [0.15, 0.2) is 29.3 Å². The summed E-state index contributed by atoms with van der Waals surface area (Å²) >= 11 is 0. The third kappa shape index (κ3) is 5.69. The number of nitrogens with zero attached hydrogens (tertiary/aromatic N) is 5. The number of amides is 2. The molecule has 2 unspecified atom stereocenters. The second kappa shape index (κ2) is 10.9. The van der Waals surface area contributed by atoms with Gasteiger partial charge in [0.1, 0.15) is 18.0 Å². The van der Waals surface area contributed by atoms with Crippen LogP contribution in [0.25, 0.3) is 11.0 Å². The van der Waals surface area contributed by atoms with Crippen LogP contribution in [0.5, 0.6) is 5.88 Å². The fourth-order valence-corrected chi connectivity index (χ4v) is 4.96. The Balaban J connectivity index is 1.25. The van der Waals surface area contributed by atoms with Gasteiger partial charge in [0.15, 0.2) is 5.65 Å². The van der Waals surface area contributed by atoms with Gasteiger partial charge in [-0.2, -0.15) is 13.2 Å². The fraction of sp³-hybridized carbons (Fsp3) is 0.520. The van der Waals surface area contributed by atoms with E-state index in [-0.39, 0.29) is 19.1 Å². The normalized spacial score (nSPS) is 20.5. The molecule has 11 nitrogen and oxygen atoms in total. The van der Waals surface area contributed by atoms with Crippen molar-refractivity contribution in [3.05, 3.63) is 40.4 Å². The van der Waals surface area contributed by atoms with Crippen LogP contribution in [0, 0.1) is 0 Å². The maximum Gasteiger partial charge on any atom is 0.417 e. The highest BCUT2D eigenvalue weighted by Gasteiger charge is 2.36. The number of carbonyl (C=O) groups is 1. The number of piperidine rings is 1. The maximum atomic E-state index is 15.4. The first kappa shape index (κ1) is 27.7. The highest BCUT2D eigenvalue weighted by Crippen LogP contribution is 2.31. The van der Waals surface area contributed by atoms with Crippen molar-refractivity contribution in [2.75, 3.05) is 43.6 Å². The van der Waals surface area contributed by atoms with Gasteiger partial charge in [-0.25, -0.2) is 14.2 Å². The monoisotopic (exact) mass is 567 g/mol. The Bertz CT molecular complexity index is 1440. The molecule has 15 heteroatoms. The van der Waals surface area contributed by atoms with Crippen molar-refractivity contribution in [3.8, 4) is 5.88 Å². The van der Waals surface area contributed by atoms with Gasteiger partial charge in [0.2, 0.25) is 5.88 Å². The molecular formula is C25H29F4N7O4. The fourth-order valence-electron chi connectivity index (χ4n) is 4.96. The number of anilines is 2. The van der Waals surface area contributed by atoms with Gasteiger partial charge in [-0.1, -0.05) is 0 Å². The van der Waals surface area contributed by atoms with Crippen LogP contribution in [0.3, 0.4) is 0 Å². The smallest absolute Gasteiger partial charge is 0.417 e. The van der Waals surface area contributed by atoms with Gasteiger partial charge in [-0.05, 0) is 18.6 Å². The van der Waals surface area contributed by atoms with Gasteiger partial charge < -0.3 is 29.2 Å². The second-order valence-corrected chi connectivity index (χ2v) is 9.96. The molecule has 0 radical (unpaired) electrons. The lowest BCUT2D eigenvalue weighted by molar-refractivity contribution is -0.138. The molecule has 0 bridgehead atoms. The Morgan fingerprint density at radius 1 is 1.25 bits per heavy atom. The Kier molecular flexibility index (Phi) is 7.57. The Hall–Kier alpha value is -3.88. The van der Waals surface area contributed by atoms with Crippen molar-refractivity contribution in [1.82, 2.24) is 24.6 Å². The standard InChI is InChI=1S/C25H29F4N7O4/c1-34-12-14(25(27,28)29)9-19(23(34)37)31-24(38)35(2)20-3-6-36(13-18(20)26)15-10-17-21(30-11-15)32-33-22(17)40-16-4-7-39-8-5-16/h9-12,16,18,20H,3-8,13H2,1-2H3,(H,31,38)(H,30,32,33). The number of ether oxygens (including phenoxy) is 2. The molecule has 2 atom stereocenters. The van der Waals surface area contributed by atoms with Gasteiger partial charge in [-0.3, -0.25) is 9.89 Å². The number of pyridine rings is 2. The minimum atomic E-state index is -4.71. The van der Waals surface area contributed by atoms with Crippen molar-refractivity contribution in [2.24, 2.45) is 7.05 Å². The molecule has 0 aliphatic carbocycles. The zero-order valence-electron chi connectivity index (χ0n) is 21.9. The summed E-state index contributed by atoms with van der Waals surface area (Å²) in [5, 5.41) is 9.95. The summed E-state index contributed by atoms with van der Waals surface area (Å²) in [5.41, 5.74) is -1.25. The summed E-state index contributed by atoms with van der Waals surface area (Å²) in [4.78, 5) is 32.4. The van der Waals surface area contributed by atoms with E-state index in [9.17, 15) is 22.8 Å². The van der Waals surface area contributed by atoms with Crippen LogP contribution in [-0.2, 0) is 18.0 Å². The number of hydrogen-bond acceptors (Lipinski definition) is 7. The van der Waals surface area contributed by atoms with Crippen LogP contribution in [0.2, 0.25) is 0 Å². The van der Waals surface area contributed by atoms with Crippen LogP contribution < -0.4 is 20.5 Å². The highest BCUT2D eigenvalue weighted by atomic mass is 19.4. The van der Waals surface area contributed by atoms with Gasteiger partial charge in [0.05, 0.1) is 48.6 Å². The van der Waals surface area contributed by atoms with Crippen molar-refractivity contribution < 1.29 is 31.8 Å². The first-order chi connectivity index (χ1) is 19.0. The number of alkyl halides is 4. The van der Waals surface area contributed by atoms with E-state index in [2.05, 4.69) is 20.5 Å². The number of nitrogens with one attached hydrogen (secondary N) is 2. The minimum absolute atomic E-state index is 0.0207.